The molecule has 22 heavy (non-hydrogen) atoms. The van der Waals surface area contributed by atoms with Crippen LogP contribution in [-0.4, -0.2) is 50.4 Å². The van der Waals surface area contributed by atoms with Gasteiger partial charge in [0.05, 0.1) is 26.0 Å². The zero-order chi connectivity index (χ0) is 16.1. The third-order valence-electron chi connectivity index (χ3n) is 3.64. The number of primary amides is 1. The lowest BCUT2D eigenvalue weighted by Gasteiger charge is -2.21. The highest BCUT2D eigenvalue weighted by Gasteiger charge is 2.33. The minimum atomic E-state index is -0.373. The molecule has 120 valence electrons. The van der Waals surface area contributed by atoms with Gasteiger partial charge in [0.25, 0.3) is 0 Å². The fraction of sp³-hybridized carbons (Fsp3) is 0.467. The molecule has 1 amide bonds. The maximum absolute atomic E-state index is 11.6. The fourth-order valence-electron chi connectivity index (χ4n) is 2.62. The number of hydrogen-bond donors (Lipinski definition) is 1. The van der Waals surface area contributed by atoms with Crippen molar-refractivity contribution in [3.05, 3.63) is 23.8 Å². The van der Waals surface area contributed by atoms with Gasteiger partial charge in [0.15, 0.2) is 11.5 Å². The Morgan fingerprint density at radius 2 is 2.05 bits per heavy atom. The first kappa shape index (κ1) is 16.1. The zero-order valence-electron chi connectivity index (χ0n) is 13.0. The van der Waals surface area contributed by atoms with Gasteiger partial charge in [-0.3, -0.25) is 9.69 Å². The van der Waals surface area contributed by atoms with Crippen LogP contribution in [0.4, 0.5) is 0 Å². The van der Waals surface area contributed by atoms with E-state index >= 15 is 0 Å². The van der Waals surface area contributed by atoms with E-state index in [1.54, 1.807) is 14.2 Å². The van der Waals surface area contributed by atoms with Crippen LogP contribution >= 0.6 is 0 Å². The van der Waals surface area contributed by atoms with Crippen LogP contribution in [0.1, 0.15) is 12.0 Å². The predicted molar refractivity (Wildman–Crippen MR) is 82.0 cm³/mol. The second kappa shape index (κ2) is 7.13. The lowest BCUT2D eigenvalue weighted by molar-refractivity contribution is -0.122. The molecule has 2 rings (SSSR count). The van der Waals surface area contributed by atoms with Crippen molar-refractivity contribution in [3.8, 4) is 11.5 Å². The molecular weight excluding hydrogens is 286 g/mol. The van der Waals surface area contributed by atoms with Gasteiger partial charge >= 0.3 is 0 Å². The number of hydrogen-bond acceptors (Lipinski definition) is 6. The third kappa shape index (κ3) is 3.48. The standard InChI is InChI=1S/C15H21N3O4/c1-20-13-5-4-10(6-14(13)21-2)8-18-9-11(17-22-3)7-12(18)15(16)19/h4-6,12H,7-9H2,1-3H3,(H2,16,19). The molecule has 0 radical (unpaired) electrons. The van der Waals surface area contributed by atoms with Gasteiger partial charge in [-0.05, 0) is 17.7 Å². The summed E-state index contributed by atoms with van der Waals surface area (Å²) >= 11 is 0. The molecule has 1 fully saturated rings. The summed E-state index contributed by atoms with van der Waals surface area (Å²) in [5, 5.41) is 3.93. The molecule has 1 aliphatic heterocycles. The van der Waals surface area contributed by atoms with Crippen molar-refractivity contribution in [2.75, 3.05) is 27.9 Å². The molecule has 1 atom stereocenters. The smallest absolute Gasteiger partial charge is 0.235 e. The summed E-state index contributed by atoms with van der Waals surface area (Å²) in [6.45, 7) is 1.12. The summed E-state index contributed by atoms with van der Waals surface area (Å²) < 4.78 is 10.5. The summed E-state index contributed by atoms with van der Waals surface area (Å²) in [7, 11) is 4.67. The molecule has 1 saturated heterocycles. The van der Waals surface area contributed by atoms with Gasteiger partial charge in [0.1, 0.15) is 7.11 Å². The van der Waals surface area contributed by atoms with E-state index < -0.39 is 0 Å². The Bertz CT molecular complexity index is 574. The van der Waals surface area contributed by atoms with Crippen molar-refractivity contribution in [2.45, 2.75) is 19.0 Å². The second-order valence-electron chi connectivity index (χ2n) is 5.06. The quantitative estimate of drug-likeness (QED) is 0.784. The second-order valence-corrected chi connectivity index (χ2v) is 5.06. The van der Waals surface area contributed by atoms with Crippen LogP contribution in [-0.2, 0) is 16.2 Å². The van der Waals surface area contributed by atoms with E-state index in [1.807, 2.05) is 23.1 Å². The van der Waals surface area contributed by atoms with Crippen LogP contribution in [0.2, 0.25) is 0 Å². The van der Waals surface area contributed by atoms with Crippen molar-refractivity contribution in [2.24, 2.45) is 10.9 Å². The Balaban J connectivity index is 2.17. The molecule has 7 heteroatoms. The Labute approximate surface area is 129 Å². The van der Waals surface area contributed by atoms with Crippen LogP contribution in [0.15, 0.2) is 23.4 Å². The topological polar surface area (TPSA) is 86.4 Å². The SMILES string of the molecule is CON=C1CC(C(N)=O)N(Cc2ccc(OC)c(OC)c2)C1. The van der Waals surface area contributed by atoms with E-state index in [-0.39, 0.29) is 11.9 Å². The van der Waals surface area contributed by atoms with Gasteiger partial charge in [-0.1, -0.05) is 11.2 Å². The molecule has 0 aliphatic carbocycles. The summed E-state index contributed by atoms with van der Waals surface area (Å²) in [5.74, 6) is 0.961. The summed E-state index contributed by atoms with van der Waals surface area (Å²) in [5.41, 5.74) is 7.29. The van der Waals surface area contributed by atoms with Crippen molar-refractivity contribution >= 4 is 11.6 Å². The Morgan fingerprint density at radius 3 is 2.64 bits per heavy atom. The molecule has 0 saturated carbocycles. The van der Waals surface area contributed by atoms with Gasteiger partial charge in [0.2, 0.25) is 5.91 Å². The van der Waals surface area contributed by atoms with Gasteiger partial charge in [-0.25, -0.2) is 0 Å². The number of ether oxygens (including phenoxy) is 2. The monoisotopic (exact) mass is 307 g/mol. The van der Waals surface area contributed by atoms with E-state index in [1.165, 1.54) is 7.11 Å². The average molecular weight is 307 g/mol. The lowest BCUT2D eigenvalue weighted by Crippen LogP contribution is -2.39. The number of nitrogens with zero attached hydrogens (tertiary/aromatic N) is 2. The van der Waals surface area contributed by atoms with Crippen molar-refractivity contribution in [1.82, 2.24) is 4.90 Å². The Kier molecular flexibility index (Phi) is 5.21. The summed E-state index contributed by atoms with van der Waals surface area (Å²) in [4.78, 5) is 18.4. The normalized spacial score (nSPS) is 20.1. The Morgan fingerprint density at radius 1 is 1.32 bits per heavy atom. The maximum atomic E-state index is 11.6. The van der Waals surface area contributed by atoms with E-state index in [0.717, 1.165) is 11.3 Å². The molecule has 1 unspecified atom stereocenters. The minimum absolute atomic E-state index is 0.359. The third-order valence-corrected chi connectivity index (χ3v) is 3.64. The van der Waals surface area contributed by atoms with Gasteiger partial charge in [-0.15, -0.1) is 0 Å². The van der Waals surface area contributed by atoms with E-state index in [0.29, 0.717) is 31.0 Å². The first-order valence-electron chi connectivity index (χ1n) is 6.92. The van der Waals surface area contributed by atoms with Crippen LogP contribution in [0.3, 0.4) is 0 Å². The minimum Gasteiger partial charge on any atom is -0.493 e. The average Bonchev–Trinajstić information content (AvgIpc) is 2.90. The molecule has 0 bridgehead atoms. The number of amides is 1. The highest BCUT2D eigenvalue weighted by atomic mass is 16.6. The molecule has 0 spiro atoms. The largest absolute Gasteiger partial charge is 0.493 e. The number of carbonyl (C=O) groups excluding carboxylic acids is 1. The molecule has 1 aliphatic rings. The van der Waals surface area contributed by atoms with Crippen LogP contribution in [0.5, 0.6) is 11.5 Å². The van der Waals surface area contributed by atoms with Crippen molar-refractivity contribution in [3.63, 3.8) is 0 Å². The van der Waals surface area contributed by atoms with Crippen LogP contribution < -0.4 is 15.2 Å². The molecule has 1 aromatic carbocycles. The summed E-state index contributed by atoms with van der Waals surface area (Å²) in [6, 6.07) is 5.29. The van der Waals surface area contributed by atoms with Gasteiger partial charge in [0, 0.05) is 19.5 Å². The lowest BCUT2D eigenvalue weighted by atomic mass is 10.1. The zero-order valence-corrected chi connectivity index (χ0v) is 13.0. The number of nitrogens with two attached hydrogens (primary N) is 1. The highest BCUT2D eigenvalue weighted by molar-refractivity contribution is 5.95. The van der Waals surface area contributed by atoms with Gasteiger partial charge < -0.3 is 20.0 Å². The number of methoxy groups -OCH3 is 2. The number of oxime groups is 1. The van der Waals surface area contributed by atoms with Crippen molar-refractivity contribution in [1.29, 1.82) is 0 Å². The Hall–Kier alpha value is -2.28. The molecular formula is C15H21N3O4. The number of carbonyl (C=O) groups is 1. The van der Waals surface area contributed by atoms with Gasteiger partial charge in [-0.2, -0.15) is 0 Å². The van der Waals surface area contributed by atoms with E-state index in [4.69, 9.17) is 20.0 Å². The molecule has 7 nitrogen and oxygen atoms in total. The first-order valence-corrected chi connectivity index (χ1v) is 6.92. The van der Waals surface area contributed by atoms with E-state index in [9.17, 15) is 4.79 Å². The van der Waals surface area contributed by atoms with Crippen LogP contribution in [0.25, 0.3) is 0 Å². The molecule has 1 heterocycles. The summed E-state index contributed by atoms with van der Waals surface area (Å²) in [6.07, 6.45) is 0.496. The van der Waals surface area contributed by atoms with E-state index in [2.05, 4.69) is 5.16 Å². The molecule has 1 aromatic rings. The maximum Gasteiger partial charge on any atom is 0.235 e. The van der Waals surface area contributed by atoms with Crippen molar-refractivity contribution < 1.29 is 19.1 Å². The number of likely N-dealkylation sites (tertiary alicyclic amines) is 1. The number of benzene rings is 1. The number of rotatable bonds is 6. The predicted octanol–water partition coefficient (Wildman–Crippen LogP) is 0.766. The molecule has 2 N–H and O–H groups in total. The fourth-order valence-corrected chi connectivity index (χ4v) is 2.62. The highest BCUT2D eigenvalue weighted by Crippen LogP contribution is 2.29. The van der Waals surface area contributed by atoms with Crippen LogP contribution in [0, 0.1) is 0 Å². The first-order chi connectivity index (χ1) is 10.6. The molecule has 0 aromatic heterocycles.